The number of hydrogen-bond acceptors (Lipinski definition) is 4. The normalized spacial score (nSPS) is 15.0. The van der Waals surface area contributed by atoms with Crippen molar-refractivity contribution in [3.05, 3.63) is 29.8 Å². The summed E-state index contributed by atoms with van der Waals surface area (Å²) in [5.74, 6) is 1.47. The molecule has 7 nitrogen and oxygen atoms in total. The topological polar surface area (TPSA) is 91.8 Å². The van der Waals surface area contributed by atoms with Crippen LogP contribution in [-0.4, -0.2) is 47.4 Å². The lowest BCUT2D eigenvalue weighted by Crippen LogP contribution is -2.37. The van der Waals surface area contributed by atoms with Gasteiger partial charge in [-0.1, -0.05) is 18.2 Å². The largest absolute Gasteiger partial charge is 0.381 e. The van der Waals surface area contributed by atoms with Crippen LogP contribution in [0.4, 0.5) is 5.69 Å². The minimum absolute atomic E-state index is 0.469. The van der Waals surface area contributed by atoms with Crippen LogP contribution in [0.1, 0.15) is 24.8 Å². The van der Waals surface area contributed by atoms with Gasteiger partial charge in [0.05, 0.1) is 11.9 Å². The third-order valence-electron chi connectivity index (χ3n) is 3.79. The fourth-order valence-electron chi connectivity index (χ4n) is 2.29. The van der Waals surface area contributed by atoms with Crippen molar-refractivity contribution in [1.29, 1.82) is 0 Å². The highest BCUT2D eigenvalue weighted by molar-refractivity contribution is 7.92. The van der Waals surface area contributed by atoms with E-state index in [1.165, 1.54) is 12.8 Å². The smallest absolute Gasteiger partial charge is 0.229 e. The van der Waals surface area contributed by atoms with Crippen molar-refractivity contribution < 1.29 is 13.2 Å². The van der Waals surface area contributed by atoms with Crippen molar-refractivity contribution in [1.82, 2.24) is 10.6 Å². The van der Waals surface area contributed by atoms with Gasteiger partial charge < -0.3 is 15.4 Å². The first-order valence-corrected chi connectivity index (χ1v) is 10.4. The van der Waals surface area contributed by atoms with E-state index in [-0.39, 0.29) is 0 Å². The van der Waals surface area contributed by atoms with Gasteiger partial charge in [-0.3, -0.25) is 9.71 Å². The number of sulfonamides is 1. The quantitative estimate of drug-likeness (QED) is 0.331. The number of ether oxygens (including phenoxy) is 1. The van der Waals surface area contributed by atoms with E-state index < -0.39 is 10.0 Å². The van der Waals surface area contributed by atoms with Gasteiger partial charge in [0.2, 0.25) is 10.0 Å². The third kappa shape index (κ3) is 8.22. The van der Waals surface area contributed by atoms with Crippen molar-refractivity contribution >= 4 is 21.7 Å². The van der Waals surface area contributed by atoms with Gasteiger partial charge in [0.1, 0.15) is 0 Å². The predicted molar refractivity (Wildman–Crippen MR) is 101 cm³/mol. The minimum atomic E-state index is -3.31. The van der Waals surface area contributed by atoms with Crippen molar-refractivity contribution in [2.24, 2.45) is 10.9 Å². The molecule has 0 radical (unpaired) electrons. The summed E-state index contributed by atoms with van der Waals surface area (Å²) in [6.45, 7) is 2.88. The van der Waals surface area contributed by atoms with Gasteiger partial charge in [0.25, 0.3) is 0 Å². The number of hydrogen-bond donors (Lipinski definition) is 3. The Morgan fingerprint density at radius 1 is 1.28 bits per heavy atom. The number of nitrogens with zero attached hydrogens (tertiary/aromatic N) is 1. The van der Waals surface area contributed by atoms with E-state index in [1.54, 1.807) is 19.2 Å². The summed E-state index contributed by atoms with van der Waals surface area (Å²) in [4.78, 5) is 4.18. The molecule has 0 heterocycles. The van der Waals surface area contributed by atoms with Crippen LogP contribution < -0.4 is 15.4 Å². The van der Waals surface area contributed by atoms with E-state index in [9.17, 15) is 8.42 Å². The van der Waals surface area contributed by atoms with Crippen LogP contribution in [0, 0.1) is 5.92 Å². The summed E-state index contributed by atoms with van der Waals surface area (Å²) in [6, 6.07) is 7.29. The van der Waals surface area contributed by atoms with Gasteiger partial charge in [0.15, 0.2) is 5.96 Å². The van der Waals surface area contributed by atoms with Crippen LogP contribution in [0.5, 0.6) is 0 Å². The van der Waals surface area contributed by atoms with Crippen LogP contribution in [0.2, 0.25) is 0 Å². The molecular weight excluding hydrogens is 340 g/mol. The molecule has 0 aliphatic heterocycles. The van der Waals surface area contributed by atoms with Gasteiger partial charge in [-0.25, -0.2) is 8.42 Å². The molecule has 0 unspecified atom stereocenters. The van der Waals surface area contributed by atoms with E-state index in [0.29, 0.717) is 18.2 Å². The summed E-state index contributed by atoms with van der Waals surface area (Å²) in [5.41, 5.74) is 1.42. The molecule has 3 N–H and O–H groups in total. The zero-order valence-electron chi connectivity index (χ0n) is 14.9. The number of para-hydroxylation sites is 1. The average Bonchev–Trinajstić information content (AvgIpc) is 3.37. The molecule has 0 atom stereocenters. The Kier molecular flexibility index (Phi) is 7.52. The predicted octanol–water partition coefficient (Wildman–Crippen LogP) is 1.54. The van der Waals surface area contributed by atoms with Gasteiger partial charge in [-0.15, -0.1) is 0 Å². The molecule has 1 aromatic carbocycles. The first kappa shape index (κ1) is 19.5. The van der Waals surface area contributed by atoms with Crippen LogP contribution >= 0.6 is 0 Å². The van der Waals surface area contributed by atoms with E-state index in [2.05, 4.69) is 20.3 Å². The summed E-state index contributed by atoms with van der Waals surface area (Å²) >= 11 is 0. The molecule has 0 amide bonds. The number of guanidine groups is 1. The molecule has 0 aromatic heterocycles. The van der Waals surface area contributed by atoms with Gasteiger partial charge in [0, 0.05) is 33.4 Å². The monoisotopic (exact) mass is 368 g/mol. The molecule has 0 saturated heterocycles. The Bertz CT molecular complexity index is 672. The molecule has 1 fully saturated rings. The highest BCUT2D eigenvalue weighted by Crippen LogP contribution is 2.28. The van der Waals surface area contributed by atoms with Crippen LogP contribution in [0.25, 0.3) is 0 Å². The first-order valence-electron chi connectivity index (χ1n) is 8.56. The standard InChI is InChI=1S/C17H28N4O3S/c1-18-17(19-10-5-11-24-13-14-8-9-14)20-12-15-6-3-4-7-16(15)21-25(2,22)23/h3-4,6-7,14,21H,5,8-13H2,1-2H3,(H2,18,19,20). The SMILES string of the molecule is CN=C(NCCCOCC1CC1)NCc1ccccc1NS(C)(=O)=O. The highest BCUT2D eigenvalue weighted by Gasteiger charge is 2.20. The van der Waals surface area contributed by atoms with E-state index in [1.807, 2.05) is 12.1 Å². The fourth-order valence-corrected chi connectivity index (χ4v) is 2.89. The number of nitrogens with one attached hydrogen (secondary N) is 3. The van der Waals surface area contributed by atoms with Crippen molar-refractivity contribution in [2.75, 3.05) is 37.8 Å². The van der Waals surface area contributed by atoms with E-state index in [4.69, 9.17) is 4.74 Å². The number of benzene rings is 1. The van der Waals surface area contributed by atoms with Crippen molar-refractivity contribution in [3.8, 4) is 0 Å². The highest BCUT2D eigenvalue weighted by atomic mass is 32.2. The summed E-state index contributed by atoms with van der Waals surface area (Å²) in [5, 5.41) is 6.43. The third-order valence-corrected chi connectivity index (χ3v) is 4.38. The van der Waals surface area contributed by atoms with E-state index >= 15 is 0 Å². The van der Waals surface area contributed by atoms with Crippen LogP contribution in [0.3, 0.4) is 0 Å². The molecule has 1 saturated carbocycles. The number of rotatable bonds is 10. The number of aliphatic imine (C=N–C) groups is 1. The molecule has 140 valence electrons. The zero-order chi connectivity index (χ0) is 18.1. The van der Waals surface area contributed by atoms with Crippen molar-refractivity contribution in [2.45, 2.75) is 25.8 Å². The molecule has 25 heavy (non-hydrogen) atoms. The van der Waals surface area contributed by atoms with Gasteiger partial charge in [-0.2, -0.15) is 0 Å². The maximum atomic E-state index is 11.4. The zero-order valence-corrected chi connectivity index (χ0v) is 15.7. The molecule has 0 bridgehead atoms. The molecule has 0 spiro atoms. The lowest BCUT2D eigenvalue weighted by molar-refractivity contribution is 0.123. The molecule has 1 aliphatic rings. The van der Waals surface area contributed by atoms with Crippen molar-refractivity contribution in [3.63, 3.8) is 0 Å². The molecule has 2 rings (SSSR count). The molecule has 1 aromatic rings. The Morgan fingerprint density at radius 2 is 2.04 bits per heavy atom. The maximum absolute atomic E-state index is 11.4. The minimum Gasteiger partial charge on any atom is -0.381 e. The Hall–Kier alpha value is -1.80. The summed E-state index contributed by atoms with van der Waals surface area (Å²) in [6.07, 6.45) is 4.68. The van der Waals surface area contributed by atoms with Gasteiger partial charge >= 0.3 is 0 Å². The molecular formula is C17H28N4O3S. The Labute approximate surface area is 150 Å². The maximum Gasteiger partial charge on any atom is 0.229 e. The second kappa shape index (κ2) is 9.62. The summed E-state index contributed by atoms with van der Waals surface area (Å²) in [7, 11) is -1.60. The lowest BCUT2D eigenvalue weighted by atomic mass is 10.2. The van der Waals surface area contributed by atoms with Gasteiger partial charge in [-0.05, 0) is 36.8 Å². The summed E-state index contributed by atoms with van der Waals surface area (Å²) < 4.78 is 31.0. The number of anilines is 1. The molecule has 1 aliphatic carbocycles. The first-order chi connectivity index (χ1) is 12.0. The van der Waals surface area contributed by atoms with Crippen LogP contribution in [0.15, 0.2) is 29.3 Å². The lowest BCUT2D eigenvalue weighted by Gasteiger charge is -2.14. The second-order valence-corrected chi connectivity index (χ2v) is 8.00. The Morgan fingerprint density at radius 3 is 2.72 bits per heavy atom. The Balaban J connectivity index is 1.72. The average molecular weight is 369 g/mol. The van der Waals surface area contributed by atoms with Crippen LogP contribution in [-0.2, 0) is 21.3 Å². The second-order valence-electron chi connectivity index (χ2n) is 6.26. The fraction of sp³-hybridized carbons (Fsp3) is 0.588. The molecule has 8 heteroatoms. The van der Waals surface area contributed by atoms with E-state index in [0.717, 1.165) is 43.9 Å².